The van der Waals surface area contributed by atoms with E-state index in [1.807, 2.05) is 41.3 Å². The maximum Gasteiger partial charge on any atom is 0.260 e. The summed E-state index contributed by atoms with van der Waals surface area (Å²) in [5.74, 6) is 2.13. The summed E-state index contributed by atoms with van der Waals surface area (Å²) >= 11 is 0. The minimum atomic E-state index is 0.0124. The Morgan fingerprint density at radius 3 is 2.39 bits per heavy atom. The lowest BCUT2D eigenvalue weighted by Gasteiger charge is -2.34. The molecule has 6 heteroatoms. The molecule has 1 aliphatic rings. The van der Waals surface area contributed by atoms with Gasteiger partial charge in [0.05, 0.1) is 14.2 Å². The van der Waals surface area contributed by atoms with Crippen LogP contribution in [0.3, 0.4) is 0 Å². The van der Waals surface area contributed by atoms with Crippen LogP contribution in [0.4, 0.5) is 0 Å². The van der Waals surface area contributed by atoms with Crippen LogP contribution in [0.25, 0.3) is 0 Å². The monoisotopic (exact) mass is 384 g/mol. The van der Waals surface area contributed by atoms with E-state index < -0.39 is 0 Å². The third-order valence-corrected chi connectivity index (χ3v) is 5.00. The van der Waals surface area contributed by atoms with Crippen molar-refractivity contribution in [3.8, 4) is 17.2 Å². The smallest absolute Gasteiger partial charge is 0.260 e. The number of hydrogen-bond acceptors (Lipinski definition) is 5. The van der Waals surface area contributed by atoms with Crippen molar-refractivity contribution >= 4 is 5.91 Å². The number of benzene rings is 2. The molecule has 0 saturated carbocycles. The number of carbonyl (C=O) groups excluding carboxylic acids is 1. The molecule has 150 valence electrons. The van der Waals surface area contributed by atoms with Crippen LogP contribution in [-0.4, -0.2) is 69.3 Å². The van der Waals surface area contributed by atoms with Crippen molar-refractivity contribution in [1.29, 1.82) is 0 Å². The highest BCUT2D eigenvalue weighted by atomic mass is 16.5. The van der Waals surface area contributed by atoms with Crippen molar-refractivity contribution in [2.45, 2.75) is 6.42 Å². The molecule has 6 nitrogen and oxygen atoms in total. The van der Waals surface area contributed by atoms with Gasteiger partial charge in [0.2, 0.25) is 0 Å². The predicted octanol–water partition coefficient (Wildman–Crippen LogP) is 2.47. The summed E-state index contributed by atoms with van der Waals surface area (Å²) in [7, 11) is 3.28. The molecule has 0 spiro atoms. The first kappa shape index (κ1) is 20.0. The van der Waals surface area contributed by atoms with Crippen molar-refractivity contribution in [3.05, 3.63) is 54.1 Å². The normalized spacial score (nSPS) is 14.6. The van der Waals surface area contributed by atoms with Crippen LogP contribution < -0.4 is 14.2 Å². The van der Waals surface area contributed by atoms with Crippen molar-refractivity contribution in [2.24, 2.45) is 0 Å². The molecule has 28 heavy (non-hydrogen) atoms. The molecule has 2 aromatic carbocycles. The highest BCUT2D eigenvalue weighted by molar-refractivity contribution is 5.78. The summed E-state index contributed by atoms with van der Waals surface area (Å²) in [6, 6.07) is 15.5. The molecule has 1 heterocycles. The van der Waals surface area contributed by atoms with E-state index in [4.69, 9.17) is 14.2 Å². The molecular formula is C22H28N2O4. The number of amides is 1. The Morgan fingerprint density at radius 2 is 1.68 bits per heavy atom. The fourth-order valence-corrected chi connectivity index (χ4v) is 3.30. The van der Waals surface area contributed by atoms with Crippen molar-refractivity contribution in [1.82, 2.24) is 9.80 Å². The van der Waals surface area contributed by atoms with E-state index in [9.17, 15) is 4.79 Å². The van der Waals surface area contributed by atoms with Gasteiger partial charge in [-0.05, 0) is 36.2 Å². The summed E-state index contributed by atoms with van der Waals surface area (Å²) in [5, 5.41) is 0. The first-order valence-electron chi connectivity index (χ1n) is 9.58. The molecule has 0 atom stereocenters. The third kappa shape index (κ3) is 5.39. The molecule has 0 N–H and O–H groups in total. The topological polar surface area (TPSA) is 51.2 Å². The van der Waals surface area contributed by atoms with E-state index in [-0.39, 0.29) is 12.5 Å². The van der Waals surface area contributed by atoms with E-state index in [1.54, 1.807) is 14.2 Å². The lowest BCUT2D eigenvalue weighted by molar-refractivity contribution is -0.135. The molecule has 0 radical (unpaired) electrons. The Kier molecular flexibility index (Phi) is 7.14. The van der Waals surface area contributed by atoms with Crippen LogP contribution >= 0.6 is 0 Å². The van der Waals surface area contributed by atoms with Gasteiger partial charge in [0.1, 0.15) is 5.75 Å². The molecule has 3 rings (SSSR count). The van der Waals surface area contributed by atoms with Crippen LogP contribution in [0.5, 0.6) is 17.2 Å². The molecule has 1 amide bonds. The third-order valence-electron chi connectivity index (χ3n) is 5.00. The predicted molar refractivity (Wildman–Crippen MR) is 108 cm³/mol. The van der Waals surface area contributed by atoms with E-state index >= 15 is 0 Å². The Balaban J connectivity index is 1.41. The number of carbonyl (C=O) groups is 1. The summed E-state index contributed by atoms with van der Waals surface area (Å²) < 4.78 is 16.2. The molecule has 2 aromatic rings. The first-order chi connectivity index (χ1) is 13.7. The van der Waals surface area contributed by atoms with E-state index in [2.05, 4.69) is 17.0 Å². The van der Waals surface area contributed by atoms with Gasteiger partial charge >= 0.3 is 0 Å². The van der Waals surface area contributed by atoms with E-state index in [0.717, 1.165) is 44.9 Å². The summed E-state index contributed by atoms with van der Waals surface area (Å²) in [5.41, 5.74) is 1.27. The number of methoxy groups -OCH3 is 2. The highest BCUT2D eigenvalue weighted by Crippen LogP contribution is 2.25. The highest BCUT2D eigenvalue weighted by Gasteiger charge is 2.21. The Labute approximate surface area is 166 Å². The fraction of sp³-hybridized carbons (Fsp3) is 0.409. The standard InChI is InChI=1S/C22H28N2O4/c1-26-19-7-5-6-18(16-19)10-11-23-12-14-24(15-13-23)22(25)17-28-21-9-4-3-8-20(21)27-2/h3-9,16H,10-15,17H2,1-2H3. The number of rotatable bonds is 8. The second-order valence-electron chi connectivity index (χ2n) is 6.76. The zero-order valence-electron chi connectivity index (χ0n) is 16.6. The summed E-state index contributed by atoms with van der Waals surface area (Å²) in [6.07, 6.45) is 0.974. The number of nitrogens with zero attached hydrogens (tertiary/aromatic N) is 2. The van der Waals surface area contributed by atoms with E-state index in [1.165, 1.54) is 5.56 Å². The average molecular weight is 384 g/mol. The first-order valence-corrected chi connectivity index (χ1v) is 9.58. The SMILES string of the molecule is COc1cccc(CCN2CCN(C(=O)COc3ccccc3OC)CC2)c1. The van der Waals surface area contributed by atoms with Crippen molar-refractivity contribution < 1.29 is 19.0 Å². The number of ether oxygens (including phenoxy) is 3. The molecule has 0 aliphatic carbocycles. The molecule has 1 aliphatic heterocycles. The van der Waals surface area contributed by atoms with Crippen molar-refractivity contribution in [2.75, 3.05) is 53.6 Å². The van der Waals surface area contributed by atoms with Gasteiger partial charge in [0.25, 0.3) is 5.91 Å². The number of piperazine rings is 1. The van der Waals surface area contributed by atoms with Crippen LogP contribution in [0.1, 0.15) is 5.56 Å². The second kappa shape index (κ2) is 9.99. The molecular weight excluding hydrogens is 356 g/mol. The maximum atomic E-state index is 12.5. The largest absolute Gasteiger partial charge is 0.497 e. The molecule has 0 aromatic heterocycles. The summed E-state index contributed by atoms with van der Waals surface area (Å²) in [6.45, 7) is 4.23. The van der Waals surface area contributed by atoms with Gasteiger partial charge in [-0.25, -0.2) is 0 Å². The lowest BCUT2D eigenvalue weighted by Crippen LogP contribution is -2.50. The Bertz CT molecular complexity index is 773. The molecule has 1 fully saturated rings. The minimum absolute atomic E-state index is 0.0124. The van der Waals surface area contributed by atoms with Gasteiger partial charge in [-0.2, -0.15) is 0 Å². The molecule has 1 saturated heterocycles. The molecule has 0 unspecified atom stereocenters. The summed E-state index contributed by atoms with van der Waals surface area (Å²) in [4.78, 5) is 16.7. The van der Waals surface area contributed by atoms with Crippen LogP contribution in [0.15, 0.2) is 48.5 Å². The molecule has 0 bridgehead atoms. The van der Waals surface area contributed by atoms with E-state index in [0.29, 0.717) is 11.5 Å². The van der Waals surface area contributed by atoms with Gasteiger partial charge < -0.3 is 19.1 Å². The van der Waals surface area contributed by atoms with Gasteiger partial charge in [-0.1, -0.05) is 24.3 Å². The lowest BCUT2D eigenvalue weighted by atomic mass is 10.1. The van der Waals surface area contributed by atoms with Gasteiger partial charge in [0.15, 0.2) is 18.1 Å². The number of hydrogen-bond donors (Lipinski definition) is 0. The van der Waals surface area contributed by atoms with Gasteiger partial charge in [0, 0.05) is 32.7 Å². The van der Waals surface area contributed by atoms with Crippen LogP contribution in [0.2, 0.25) is 0 Å². The zero-order valence-corrected chi connectivity index (χ0v) is 16.6. The maximum absolute atomic E-state index is 12.5. The Hall–Kier alpha value is -2.73. The van der Waals surface area contributed by atoms with Gasteiger partial charge in [-0.3, -0.25) is 9.69 Å². The fourth-order valence-electron chi connectivity index (χ4n) is 3.30. The quantitative estimate of drug-likeness (QED) is 0.700. The number of para-hydroxylation sites is 2. The Morgan fingerprint density at radius 1 is 0.929 bits per heavy atom. The van der Waals surface area contributed by atoms with Gasteiger partial charge in [-0.15, -0.1) is 0 Å². The van der Waals surface area contributed by atoms with Crippen LogP contribution in [-0.2, 0) is 11.2 Å². The second-order valence-corrected chi connectivity index (χ2v) is 6.76. The van der Waals surface area contributed by atoms with Crippen molar-refractivity contribution in [3.63, 3.8) is 0 Å². The minimum Gasteiger partial charge on any atom is -0.497 e. The van der Waals surface area contributed by atoms with Crippen LogP contribution in [0, 0.1) is 0 Å². The zero-order chi connectivity index (χ0) is 19.8. The average Bonchev–Trinajstić information content (AvgIpc) is 2.76.